The summed E-state index contributed by atoms with van der Waals surface area (Å²) in [6.45, 7) is 9.07. The van der Waals surface area contributed by atoms with Crippen LogP contribution in [-0.4, -0.2) is 37.7 Å². The van der Waals surface area contributed by atoms with Gasteiger partial charge in [0.15, 0.2) is 0 Å². The van der Waals surface area contributed by atoms with Crippen molar-refractivity contribution >= 4 is 11.6 Å². The minimum Gasteiger partial charge on any atom is -0.364 e. The lowest BCUT2D eigenvalue weighted by molar-refractivity contribution is -0.914. The van der Waals surface area contributed by atoms with Crippen molar-refractivity contribution in [3.05, 3.63) is 29.8 Å². The Bertz CT molecular complexity index is 452. The summed E-state index contributed by atoms with van der Waals surface area (Å²) >= 11 is 0. The molecule has 1 aromatic rings. The van der Waals surface area contributed by atoms with Gasteiger partial charge in [-0.05, 0) is 38.5 Å². The van der Waals surface area contributed by atoms with Crippen molar-refractivity contribution in [1.29, 1.82) is 0 Å². The third kappa shape index (κ3) is 4.62. The highest BCUT2D eigenvalue weighted by Crippen LogP contribution is 2.09. The Hall–Kier alpha value is -1.39. The molecule has 1 saturated heterocycles. The number of anilines is 1. The normalized spacial score (nSPS) is 26.2. The summed E-state index contributed by atoms with van der Waals surface area (Å²) in [7, 11) is 0. The zero-order valence-corrected chi connectivity index (χ0v) is 12.6. The molecule has 1 heterocycles. The van der Waals surface area contributed by atoms with E-state index in [0.29, 0.717) is 6.42 Å². The largest absolute Gasteiger partial charge is 0.364 e. The zero-order valence-electron chi connectivity index (χ0n) is 12.6. The van der Waals surface area contributed by atoms with Crippen LogP contribution in [0.2, 0.25) is 0 Å². The first-order chi connectivity index (χ1) is 9.52. The number of rotatable bonds is 4. The molecule has 1 fully saturated rings. The topological polar surface area (TPSA) is 42.8 Å². The van der Waals surface area contributed by atoms with E-state index in [1.807, 2.05) is 31.2 Å². The Morgan fingerprint density at radius 2 is 2.05 bits per heavy atom. The van der Waals surface area contributed by atoms with Gasteiger partial charge in [-0.25, -0.2) is 0 Å². The van der Waals surface area contributed by atoms with Gasteiger partial charge >= 0.3 is 0 Å². The van der Waals surface area contributed by atoms with E-state index in [9.17, 15) is 4.79 Å². The Morgan fingerprint density at radius 1 is 1.35 bits per heavy atom. The fourth-order valence-corrected chi connectivity index (χ4v) is 2.83. The molecular formula is C16H25N2O2+. The van der Waals surface area contributed by atoms with Crippen LogP contribution in [0.1, 0.15) is 25.8 Å². The average Bonchev–Trinajstić information content (AvgIpc) is 2.35. The number of ether oxygens (including phenoxy) is 1. The molecule has 0 bridgehead atoms. The standard InChI is InChI=1S/C16H24N2O2/c1-12-5-4-6-15(9-12)17-16(19)7-8-18-10-13(2)20-14(3)11-18/h4-6,9,13-14H,7-8,10-11H2,1-3H3,(H,17,19)/p+1/t13-,14-/m1/s1. The van der Waals surface area contributed by atoms with Crippen molar-refractivity contribution in [2.24, 2.45) is 0 Å². The number of aryl methyl sites for hydroxylation is 1. The molecule has 1 aliphatic rings. The van der Waals surface area contributed by atoms with E-state index in [2.05, 4.69) is 19.2 Å². The zero-order chi connectivity index (χ0) is 14.5. The van der Waals surface area contributed by atoms with Gasteiger partial charge in [-0.1, -0.05) is 12.1 Å². The van der Waals surface area contributed by atoms with Gasteiger partial charge in [0, 0.05) is 5.69 Å². The summed E-state index contributed by atoms with van der Waals surface area (Å²) in [6.07, 6.45) is 1.13. The van der Waals surface area contributed by atoms with Crippen LogP contribution in [-0.2, 0) is 9.53 Å². The molecule has 0 unspecified atom stereocenters. The van der Waals surface area contributed by atoms with Crippen molar-refractivity contribution < 1.29 is 14.4 Å². The monoisotopic (exact) mass is 277 g/mol. The second kappa shape index (κ2) is 6.86. The van der Waals surface area contributed by atoms with Gasteiger partial charge in [0.05, 0.1) is 13.0 Å². The number of hydrogen-bond acceptors (Lipinski definition) is 2. The maximum absolute atomic E-state index is 12.0. The second-order valence-electron chi connectivity index (χ2n) is 5.83. The Morgan fingerprint density at radius 3 is 2.70 bits per heavy atom. The fourth-order valence-electron chi connectivity index (χ4n) is 2.83. The Balaban J connectivity index is 1.77. The molecule has 0 spiro atoms. The fraction of sp³-hybridized carbons (Fsp3) is 0.562. The minimum absolute atomic E-state index is 0.0925. The number of amides is 1. The first-order valence-corrected chi connectivity index (χ1v) is 7.38. The Kier molecular flexibility index (Phi) is 5.15. The van der Waals surface area contributed by atoms with Gasteiger partial charge < -0.3 is 15.0 Å². The predicted molar refractivity (Wildman–Crippen MR) is 80.0 cm³/mol. The minimum atomic E-state index is 0.0925. The van der Waals surface area contributed by atoms with Crippen LogP contribution in [0.3, 0.4) is 0 Å². The second-order valence-corrected chi connectivity index (χ2v) is 5.83. The van der Waals surface area contributed by atoms with Crippen LogP contribution in [0.5, 0.6) is 0 Å². The smallest absolute Gasteiger partial charge is 0.230 e. The highest BCUT2D eigenvalue weighted by molar-refractivity contribution is 5.90. The number of benzene rings is 1. The number of morpholine rings is 1. The number of hydrogen-bond donors (Lipinski definition) is 2. The summed E-state index contributed by atoms with van der Waals surface area (Å²) in [5.41, 5.74) is 2.04. The van der Waals surface area contributed by atoms with Gasteiger partial charge in [0.2, 0.25) is 5.91 Å². The van der Waals surface area contributed by atoms with E-state index in [1.165, 1.54) is 4.90 Å². The third-order valence-corrected chi connectivity index (χ3v) is 3.62. The van der Waals surface area contributed by atoms with E-state index in [4.69, 9.17) is 4.74 Å². The molecule has 20 heavy (non-hydrogen) atoms. The van der Waals surface area contributed by atoms with E-state index >= 15 is 0 Å². The van der Waals surface area contributed by atoms with Gasteiger partial charge in [0.25, 0.3) is 0 Å². The maximum Gasteiger partial charge on any atom is 0.230 e. The summed E-state index contributed by atoms with van der Waals surface area (Å²) in [4.78, 5) is 13.4. The molecule has 1 aromatic carbocycles. The summed E-state index contributed by atoms with van der Waals surface area (Å²) in [6, 6.07) is 7.90. The molecule has 0 saturated carbocycles. The maximum atomic E-state index is 12.0. The molecule has 110 valence electrons. The van der Waals surface area contributed by atoms with Crippen molar-refractivity contribution in [2.45, 2.75) is 39.4 Å². The molecule has 0 aliphatic carbocycles. The third-order valence-electron chi connectivity index (χ3n) is 3.62. The molecule has 1 aliphatic heterocycles. The van der Waals surface area contributed by atoms with Crippen molar-refractivity contribution in [2.75, 3.05) is 25.0 Å². The lowest BCUT2D eigenvalue weighted by Gasteiger charge is -2.32. The summed E-state index contributed by atoms with van der Waals surface area (Å²) < 4.78 is 5.71. The quantitative estimate of drug-likeness (QED) is 0.863. The lowest BCUT2D eigenvalue weighted by atomic mass is 10.2. The predicted octanol–water partition coefficient (Wildman–Crippen LogP) is 1.02. The molecule has 0 radical (unpaired) electrons. The van der Waals surface area contributed by atoms with Crippen LogP contribution in [0.25, 0.3) is 0 Å². The summed E-state index contributed by atoms with van der Waals surface area (Å²) in [5.74, 6) is 0.0925. The van der Waals surface area contributed by atoms with Crippen molar-refractivity contribution in [3.63, 3.8) is 0 Å². The van der Waals surface area contributed by atoms with E-state index in [-0.39, 0.29) is 18.1 Å². The van der Waals surface area contributed by atoms with E-state index in [1.54, 1.807) is 0 Å². The van der Waals surface area contributed by atoms with E-state index in [0.717, 1.165) is 30.9 Å². The summed E-state index contributed by atoms with van der Waals surface area (Å²) in [5, 5.41) is 2.96. The average molecular weight is 277 g/mol. The molecular weight excluding hydrogens is 252 g/mol. The molecule has 2 atom stereocenters. The molecule has 1 amide bonds. The molecule has 4 nitrogen and oxygen atoms in total. The van der Waals surface area contributed by atoms with Crippen LogP contribution in [0.15, 0.2) is 24.3 Å². The number of carbonyl (C=O) groups is 1. The first-order valence-electron chi connectivity index (χ1n) is 7.38. The SMILES string of the molecule is Cc1cccc(NC(=O)CC[NH+]2C[C@@H](C)O[C@H](C)C2)c1. The van der Waals surface area contributed by atoms with Crippen LogP contribution in [0.4, 0.5) is 5.69 Å². The Labute approximate surface area is 121 Å². The van der Waals surface area contributed by atoms with Crippen LogP contribution in [0, 0.1) is 6.92 Å². The number of carbonyl (C=O) groups excluding carboxylic acids is 1. The lowest BCUT2D eigenvalue weighted by Crippen LogP contribution is -3.15. The highest BCUT2D eigenvalue weighted by atomic mass is 16.5. The van der Waals surface area contributed by atoms with Gasteiger partial charge in [0.1, 0.15) is 25.3 Å². The van der Waals surface area contributed by atoms with Crippen molar-refractivity contribution in [3.8, 4) is 0 Å². The molecule has 2 rings (SSSR count). The van der Waals surface area contributed by atoms with Crippen LogP contribution < -0.4 is 10.2 Å². The first kappa shape index (κ1) is 15.0. The molecule has 2 N–H and O–H groups in total. The highest BCUT2D eigenvalue weighted by Gasteiger charge is 2.25. The van der Waals surface area contributed by atoms with Gasteiger partial charge in [-0.15, -0.1) is 0 Å². The van der Waals surface area contributed by atoms with Crippen LogP contribution >= 0.6 is 0 Å². The van der Waals surface area contributed by atoms with Gasteiger partial charge in [-0.3, -0.25) is 4.79 Å². The molecule has 4 heteroatoms. The van der Waals surface area contributed by atoms with E-state index < -0.39 is 0 Å². The van der Waals surface area contributed by atoms with Crippen molar-refractivity contribution in [1.82, 2.24) is 0 Å². The number of nitrogens with one attached hydrogen (secondary N) is 2. The molecule has 0 aromatic heterocycles. The van der Waals surface area contributed by atoms with Gasteiger partial charge in [-0.2, -0.15) is 0 Å². The number of quaternary nitrogens is 1.